The van der Waals surface area contributed by atoms with E-state index in [2.05, 4.69) is 59.1 Å². The highest BCUT2D eigenvalue weighted by Gasteiger charge is 2.21. The summed E-state index contributed by atoms with van der Waals surface area (Å²) < 4.78 is 5.33. The number of thiophene rings is 1. The first-order chi connectivity index (χ1) is 11.5. The van der Waals surface area contributed by atoms with Crippen molar-refractivity contribution < 1.29 is 4.74 Å². The van der Waals surface area contributed by atoms with Crippen molar-refractivity contribution >= 4 is 41.3 Å². The molecule has 1 aromatic carbocycles. The normalized spacial score (nSPS) is 11.6. The molecule has 138 valence electrons. The summed E-state index contributed by atoms with van der Waals surface area (Å²) in [5, 5.41) is 8.91. The lowest BCUT2D eigenvalue weighted by atomic mass is 9.84. The number of methoxy groups -OCH3 is 1. The Balaban J connectivity index is 0.00000312. The molecule has 2 aromatic rings. The fraction of sp³-hybridized carbons (Fsp3) is 0.421. The van der Waals surface area contributed by atoms with Crippen molar-refractivity contribution in [1.29, 1.82) is 0 Å². The van der Waals surface area contributed by atoms with E-state index < -0.39 is 0 Å². The van der Waals surface area contributed by atoms with E-state index in [9.17, 15) is 0 Å². The Kier molecular flexibility index (Phi) is 9.27. The van der Waals surface area contributed by atoms with E-state index in [0.29, 0.717) is 0 Å². The molecule has 0 radical (unpaired) electrons. The van der Waals surface area contributed by atoms with Gasteiger partial charge in [-0.25, -0.2) is 0 Å². The molecule has 0 aliphatic heterocycles. The minimum absolute atomic E-state index is 0. The maximum absolute atomic E-state index is 5.33. The van der Waals surface area contributed by atoms with Crippen LogP contribution in [0.25, 0.3) is 0 Å². The highest BCUT2D eigenvalue weighted by atomic mass is 127. The van der Waals surface area contributed by atoms with Gasteiger partial charge in [-0.05, 0) is 35.6 Å². The number of guanidine groups is 1. The molecule has 0 saturated carbocycles. The van der Waals surface area contributed by atoms with Crippen LogP contribution in [-0.2, 0) is 11.8 Å². The smallest absolute Gasteiger partial charge is 0.191 e. The molecule has 0 fully saturated rings. The van der Waals surface area contributed by atoms with E-state index in [1.165, 1.54) is 10.4 Å². The SMILES string of the molecule is CN=C(NCCc1cccs1)NCC(C)(C)c1cccc(OC)c1.I. The van der Waals surface area contributed by atoms with Gasteiger partial charge in [0.25, 0.3) is 0 Å². The number of nitrogens with zero attached hydrogens (tertiary/aromatic N) is 1. The van der Waals surface area contributed by atoms with Crippen LogP contribution in [0.4, 0.5) is 0 Å². The van der Waals surface area contributed by atoms with Gasteiger partial charge < -0.3 is 15.4 Å². The van der Waals surface area contributed by atoms with Gasteiger partial charge in [0.1, 0.15) is 5.75 Å². The van der Waals surface area contributed by atoms with Crippen LogP contribution in [0, 0.1) is 0 Å². The molecule has 1 heterocycles. The topological polar surface area (TPSA) is 45.7 Å². The highest BCUT2D eigenvalue weighted by Crippen LogP contribution is 2.25. The lowest BCUT2D eigenvalue weighted by Crippen LogP contribution is -2.44. The van der Waals surface area contributed by atoms with Crippen molar-refractivity contribution in [2.45, 2.75) is 25.7 Å². The van der Waals surface area contributed by atoms with Crippen LogP contribution in [-0.4, -0.2) is 33.2 Å². The standard InChI is InChI=1S/C19H27N3OS.HI/c1-19(2,15-7-5-8-16(13-15)23-4)14-22-18(20-3)21-11-10-17-9-6-12-24-17;/h5-9,12-13H,10-11,14H2,1-4H3,(H2,20,21,22);1H. The van der Waals surface area contributed by atoms with Crippen LogP contribution in [0.3, 0.4) is 0 Å². The third-order valence-corrected chi connectivity index (χ3v) is 4.95. The molecule has 0 aliphatic carbocycles. The molecular formula is C19H28IN3OS. The van der Waals surface area contributed by atoms with Gasteiger partial charge in [0.2, 0.25) is 0 Å². The number of halogens is 1. The summed E-state index contributed by atoms with van der Waals surface area (Å²) in [7, 11) is 3.50. The maximum atomic E-state index is 5.33. The molecule has 0 atom stereocenters. The van der Waals surface area contributed by atoms with Gasteiger partial charge in [0.05, 0.1) is 7.11 Å². The number of nitrogens with one attached hydrogen (secondary N) is 2. The van der Waals surface area contributed by atoms with Crippen LogP contribution in [0.2, 0.25) is 0 Å². The van der Waals surface area contributed by atoms with E-state index in [-0.39, 0.29) is 29.4 Å². The predicted molar refractivity (Wildman–Crippen MR) is 119 cm³/mol. The fourth-order valence-corrected chi connectivity index (χ4v) is 3.14. The Bertz CT molecular complexity index is 656. The Labute approximate surface area is 172 Å². The summed E-state index contributed by atoms with van der Waals surface area (Å²) in [5.74, 6) is 1.72. The highest BCUT2D eigenvalue weighted by molar-refractivity contribution is 14.0. The third kappa shape index (κ3) is 6.86. The molecule has 25 heavy (non-hydrogen) atoms. The van der Waals surface area contributed by atoms with Crippen LogP contribution < -0.4 is 15.4 Å². The molecule has 0 saturated heterocycles. The van der Waals surface area contributed by atoms with Crippen molar-refractivity contribution in [3.05, 3.63) is 52.2 Å². The molecule has 0 unspecified atom stereocenters. The van der Waals surface area contributed by atoms with E-state index >= 15 is 0 Å². The summed E-state index contributed by atoms with van der Waals surface area (Å²) >= 11 is 1.79. The number of ether oxygens (including phenoxy) is 1. The molecule has 0 spiro atoms. The van der Waals surface area contributed by atoms with Crippen LogP contribution in [0.1, 0.15) is 24.3 Å². The second kappa shape index (κ2) is 10.7. The lowest BCUT2D eigenvalue weighted by Gasteiger charge is -2.27. The van der Waals surface area contributed by atoms with Gasteiger partial charge >= 0.3 is 0 Å². The van der Waals surface area contributed by atoms with Crippen molar-refractivity contribution in [3.63, 3.8) is 0 Å². The Hall–Kier alpha value is -1.28. The summed E-state index contributed by atoms with van der Waals surface area (Å²) in [6.07, 6.45) is 1.01. The number of hydrogen-bond donors (Lipinski definition) is 2. The summed E-state index contributed by atoms with van der Waals surface area (Å²) in [4.78, 5) is 5.69. The molecule has 0 aliphatic rings. The summed E-state index contributed by atoms with van der Waals surface area (Å²) in [6, 6.07) is 12.5. The molecule has 0 bridgehead atoms. The molecular weight excluding hydrogens is 445 g/mol. The zero-order chi connectivity index (χ0) is 17.4. The van der Waals surface area contributed by atoms with E-state index in [1.54, 1.807) is 25.5 Å². The number of rotatable bonds is 7. The van der Waals surface area contributed by atoms with Gasteiger partial charge in [-0.1, -0.05) is 32.0 Å². The van der Waals surface area contributed by atoms with Gasteiger partial charge in [0, 0.05) is 30.4 Å². The zero-order valence-electron chi connectivity index (χ0n) is 15.3. The molecule has 0 amide bonds. The van der Waals surface area contributed by atoms with E-state index in [1.807, 2.05) is 12.1 Å². The minimum atomic E-state index is -0.0279. The van der Waals surface area contributed by atoms with E-state index in [0.717, 1.165) is 31.2 Å². The largest absolute Gasteiger partial charge is 0.497 e. The van der Waals surface area contributed by atoms with Crippen LogP contribution >= 0.6 is 35.3 Å². The van der Waals surface area contributed by atoms with Gasteiger partial charge in [-0.15, -0.1) is 35.3 Å². The monoisotopic (exact) mass is 473 g/mol. The summed E-state index contributed by atoms with van der Waals surface area (Å²) in [6.45, 7) is 6.10. The van der Waals surface area contributed by atoms with Crippen LogP contribution in [0.15, 0.2) is 46.8 Å². The fourth-order valence-electron chi connectivity index (χ4n) is 2.43. The van der Waals surface area contributed by atoms with Crippen molar-refractivity contribution in [2.75, 3.05) is 27.2 Å². The molecule has 4 nitrogen and oxygen atoms in total. The first kappa shape index (κ1) is 21.8. The maximum Gasteiger partial charge on any atom is 0.191 e. The summed E-state index contributed by atoms with van der Waals surface area (Å²) in [5.41, 5.74) is 1.21. The second-order valence-electron chi connectivity index (χ2n) is 6.30. The van der Waals surface area contributed by atoms with Gasteiger partial charge in [-0.3, -0.25) is 4.99 Å². The molecule has 2 N–H and O–H groups in total. The Morgan fingerprint density at radius 1 is 1.20 bits per heavy atom. The van der Waals surface area contributed by atoms with Crippen LogP contribution in [0.5, 0.6) is 5.75 Å². The minimum Gasteiger partial charge on any atom is -0.497 e. The lowest BCUT2D eigenvalue weighted by molar-refractivity contribution is 0.411. The van der Waals surface area contributed by atoms with Gasteiger partial charge in [0.15, 0.2) is 5.96 Å². The number of hydrogen-bond acceptors (Lipinski definition) is 3. The third-order valence-electron chi connectivity index (χ3n) is 4.02. The first-order valence-electron chi connectivity index (χ1n) is 8.16. The average molecular weight is 473 g/mol. The van der Waals surface area contributed by atoms with Crippen molar-refractivity contribution in [1.82, 2.24) is 10.6 Å². The van der Waals surface area contributed by atoms with Crippen molar-refractivity contribution in [3.8, 4) is 5.75 Å². The number of benzene rings is 1. The average Bonchev–Trinajstić information content (AvgIpc) is 3.11. The number of aliphatic imine (C=N–C) groups is 1. The predicted octanol–water partition coefficient (Wildman–Crippen LogP) is 4.06. The quantitative estimate of drug-likeness (QED) is 0.362. The Morgan fingerprint density at radius 2 is 2.00 bits per heavy atom. The van der Waals surface area contributed by atoms with Gasteiger partial charge in [-0.2, -0.15) is 0 Å². The van der Waals surface area contributed by atoms with Crippen molar-refractivity contribution in [2.24, 2.45) is 4.99 Å². The molecule has 6 heteroatoms. The zero-order valence-corrected chi connectivity index (χ0v) is 18.5. The molecule has 2 rings (SSSR count). The first-order valence-corrected chi connectivity index (χ1v) is 9.04. The second-order valence-corrected chi connectivity index (χ2v) is 7.33. The molecule has 1 aromatic heterocycles. The Morgan fingerprint density at radius 3 is 2.64 bits per heavy atom. The van der Waals surface area contributed by atoms with E-state index in [4.69, 9.17) is 4.74 Å².